The predicted octanol–water partition coefficient (Wildman–Crippen LogP) is 0.809. The van der Waals surface area contributed by atoms with Gasteiger partial charge >= 0.3 is 0 Å². The highest BCUT2D eigenvalue weighted by Crippen LogP contribution is 2.25. The molecule has 0 spiro atoms. The summed E-state index contributed by atoms with van der Waals surface area (Å²) in [6.45, 7) is 0. The fourth-order valence-electron chi connectivity index (χ4n) is 2.13. The van der Waals surface area contributed by atoms with Crippen molar-refractivity contribution < 1.29 is 8.42 Å². The van der Waals surface area contributed by atoms with E-state index in [-0.39, 0.29) is 0 Å². The van der Waals surface area contributed by atoms with Gasteiger partial charge in [-0.25, -0.2) is 8.42 Å². The van der Waals surface area contributed by atoms with Gasteiger partial charge in [-0.1, -0.05) is 6.42 Å². The first-order chi connectivity index (χ1) is 6.01. The molecular formula is C9H19NO2S. The van der Waals surface area contributed by atoms with E-state index < -0.39 is 9.84 Å². The van der Waals surface area contributed by atoms with Gasteiger partial charge in [0.05, 0.1) is 5.75 Å². The number of hydrogen-bond acceptors (Lipinski definition) is 3. The third-order valence-electron chi connectivity index (χ3n) is 2.73. The van der Waals surface area contributed by atoms with Gasteiger partial charge < -0.3 is 5.32 Å². The highest BCUT2D eigenvalue weighted by atomic mass is 32.2. The standard InChI is InChI=1S/C9H19NO2S/c1-10-9-5-3-4-8(6-9)7-13(2,11)12/h8-10H,3-7H2,1-2H3/t8-,9-/m0/s1. The molecule has 0 aromatic rings. The Hall–Kier alpha value is -0.0900. The van der Waals surface area contributed by atoms with E-state index >= 15 is 0 Å². The summed E-state index contributed by atoms with van der Waals surface area (Å²) in [6.07, 6.45) is 5.77. The van der Waals surface area contributed by atoms with E-state index in [1.165, 1.54) is 12.7 Å². The maximum Gasteiger partial charge on any atom is 0.147 e. The summed E-state index contributed by atoms with van der Waals surface area (Å²) in [6, 6.07) is 0.528. The molecular weight excluding hydrogens is 186 g/mol. The zero-order valence-electron chi connectivity index (χ0n) is 8.41. The Kier molecular flexibility index (Phi) is 3.74. The second-order valence-corrected chi connectivity index (χ2v) is 6.30. The summed E-state index contributed by atoms with van der Waals surface area (Å²) in [7, 11) is -0.831. The molecule has 0 aliphatic heterocycles. The van der Waals surface area contributed by atoms with Crippen LogP contribution in [-0.4, -0.2) is 33.5 Å². The summed E-state index contributed by atoms with van der Waals surface area (Å²) < 4.78 is 22.1. The molecule has 0 aromatic heterocycles. The van der Waals surface area contributed by atoms with Crippen molar-refractivity contribution in [1.82, 2.24) is 5.32 Å². The fraction of sp³-hybridized carbons (Fsp3) is 1.00. The van der Waals surface area contributed by atoms with Gasteiger partial charge in [0.15, 0.2) is 0 Å². The monoisotopic (exact) mass is 205 g/mol. The molecule has 1 fully saturated rings. The minimum absolute atomic E-state index is 0.366. The smallest absolute Gasteiger partial charge is 0.147 e. The lowest BCUT2D eigenvalue weighted by Gasteiger charge is -2.28. The molecule has 0 saturated heterocycles. The van der Waals surface area contributed by atoms with Crippen molar-refractivity contribution >= 4 is 9.84 Å². The van der Waals surface area contributed by atoms with E-state index in [4.69, 9.17) is 0 Å². The molecule has 78 valence electrons. The maximum absolute atomic E-state index is 11.1. The lowest BCUT2D eigenvalue weighted by molar-refractivity contribution is 0.315. The summed E-state index contributed by atoms with van der Waals surface area (Å²) in [5, 5.41) is 3.22. The van der Waals surface area contributed by atoms with Gasteiger partial charge in [0, 0.05) is 12.3 Å². The van der Waals surface area contributed by atoms with Gasteiger partial charge in [0.2, 0.25) is 0 Å². The van der Waals surface area contributed by atoms with Gasteiger partial charge in [-0.05, 0) is 32.2 Å². The second-order valence-electron chi connectivity index (χ2n) is 4.11. The zero-order valence-corrected chi connectivity index (χ0v) is 9.23. The normalized spacial score (nSPS) is 30.3. The van der Waals surface area contributed by atoms with E-state index in [0.717, 1.165) is 19.3 Å². The zero-order chi connectivity index (χ0) is 9.90. The van der Waals surface area contributed by atoms with Crippen molar-refractivity contribution in [2.45, 2.75) is 31.7 Å². The topological polar surface area (TPSA) is 46.2 Å². The van der Waals surface area contributed by atoms with E-state index in [9.17, 15) is 8.42 Å². The predicted molar refractivity (Wildman–Crippen MR) is 54.5 cm³/mol. The number of nitrogens with one attached hydrogen (secondary N) is 1. The van der Waals surface area contributed by atoms with Crippen LogP contribution in [-0.2, 0) is 9.84 Å². The maximum atomic E-state index is 11.1. The molecule has 2 atom stereocenters. The Morgan fingerprint density at radius 1 is 1.38 bits per heavy atom. The third-order valence-corrected chi connectivity index (χ3v) is 3.81. The largest absolute Gasteiger partial charge is 0.317 e. The van der Waals surface area contributed by atoms with Crippen LogP contribution in [0.5, 0.6) is 0 Å². The summed E-state index contributed by atoms with van der Waals surface area (Å²) in [5.74, 6) is 0.742. The van der Waals surface area contributed by atoms with Crippen LogP contribution in [0.1, 0.15) is 25.7 Å². The van der Waals surface area contributed by atoms with Crippen molar-refractivity contribution in [2.75, 3.05) is 19.1 Å². The van der Waals surface area contributed by atoms with Crippen LogP contribution in [0.3, 0.4) is 0 Å². The number of sulfone groups is 1. The molecule has 1 rings (SSSR count). The van der Waals surface area contributed by atoms with E-state index in [1.54, 1.807) is 0 Å². The molecule has 1 saturated carbocycles. The highest BCUT2D eigenvalue weighted by molar-refractivity contribution is 7.90. The Balaban J connectivity index is 2.43. The highest BCUT2D eigenvalue weighted by Gasteiger charge is 2.23. The Bertz CT molecular complexity index is 248. The first kappa shape index (κ1) is 11.0. The quantitative estimate of drug-likeness (QED) is 0.741. The van der Waals surface area contributed by atoms with Gasteiger partial charge in [0.25, 0.3) is 0 Å². The van der Waals surface area contributed by atoms with Crippen LogP contribution in [0.2, 0.25) is 0 Å². The van der Waals surface area contributed by atoms with E-state index in [0.29, 0.717) is 17.7 Å². The first-order valence-electron chi connectivity index (χ1n) is 4.86. The van der Waals surface area contributed by atoms with Gasteiger partial charge in [-0.2, -0.15) is 0 Å². The Morgan fingerprint density at radius 3 is 2.62 bits per heavy atom. The van der Waals surface area contributed by atoms with Crippen molar-refractivity contribution in [1.29, 1.82) is 0 Å². The second kappa shape index (κ2) is 4.42. The van der Waals surface area contributed by atoms with Crippen LogP contribution >= 0.6 is 0 Å². The fourth-order valence-corrected chi connectivity index (χ4v) is 3.29. The summed E-state index contributed by atoms with van der Waals surface area (Å²) in [5.41, 5.74) is 0. The summed E-state index contributed by atoms with van der Waals surface area (Å²) in [4.78, 5) is 0. The van der Waals surface area contributed by atoms with Crippen LogP contribution < -0.4 is 5.32 Å². The molecule has 0 heterocycles. The average Bonchev–Trinajstić information content (AvgIpc) is 2.01. The molecule has 0 radical (unpaired) electrons. The van der Waals surface area contributed by atoms with Crippen LogP contribution in [0.15, 0.2) is 0 Å². The molecule has 13 heavy (non-hydrogen) atoms. The first-order valence-corrected chi connectivity index (χ1v) is 6.92. The SMILES string of the molecule is CN[C@H]1CCC[C@H](CS(C)(=O)=O)C1. The number of rotatable bonds is 3. The van der Waals surface area contributed by atoms with Gasteiger partial charge in [-0.3, -0.25) is 0 Å². The van der Waals surface area contributed by atoms with Crippen molar-refractivity contribution in [3.8, 4) is 0 Å². The van der Waals surface area contributed by atoms with Gasteiger partial charge in [-0.15, -0.1) is 0 Å². The van der Waals surface area contributed by atoms with Crippen LogP contribution in [0, 0.1) is 5.92 Å². The molecule has 0 bridgehead atoms. The van der Waals surface area contributed by atoms with Gasteiger partial charge in [0.1, 0.15) is 9.84 Å². The molecule has 1 aliphatic rings. The van der Waals surface area contributed by atoms with Crippen molar-refractivity contribution in [3.63, 3.8) is 0 Å². The molecule has 4 heteroatoms. The molecule has 0 amide bonds. The van der Waals surface area contributed by atoms with Crippen molar-refractivity contribution in [3.05, 3.63) is 0 Å². The number of hydrogen-bond donors (Lipinski definition) is 1. The summed E-state index contributed by atoms with van der Waals surface area (Å²) >= 11 is 0. The molecule has 3 nitrogen and oxygen atoms in total. The lowest BCUT2D eigenvalue weighted by Crippen LogP contribution is -2.33. The Labute approximate surface area is 80.8 Å². The van der Waals surface area contributed by atoms with E-state index in [2.05, 4.69) is 5.32 Å². The van der Waals surface area contributed by atoms with Crippen LogP contribution in [0.4, 0.5) is 0 Å². The molecule has 1 aliphatic carbocycles. The molecule has 0 aromatic carbocycles. The van der Waals surface area contributed by atoms with Crippen molar-refractivity contribution in [2.24, 2.45) is 5.92 Å². The van der Waals surface area contributed by atoms with E-state index in [1.807, 2.05) is 7.05 Å². The lowest BCUT2D eigenvalue weighted by atomic mass is 9.87. The third kappa shape index (κ3) is 4.09. The Morgan fingerprint density at radius 2 is 2.08 bits per heavy atom. The molecule has 1 N–H and O–H groups in total. The average molecular weight is 205 g/mol. The van der Waals surface area contributed by atoms with Crippen LogP contribution in [0.25, 0.3) is 0 Å². The molecule has 0 unspecified atom stereocenters. The minimum atomic E-state index is -2.78. The minimum Gasteiger partial charge on any atom is -0.317 e.